The number of hydrogen-bond donors (Lipinski definition) is 1. The molecule has 1 saturated carbocycles. The molecule has 4 heteroatoms. The number of nitrogens with zero attached hydrogens (tertiary/aromatic N) is 2. The molecule has 4 nitrogen and oxygen atoms in total. The fourth-order valence-corrected chi connectivity index (χ4v) is 3.50. The highest BCUT2D eigenvalue weighted by Gasteiger charge is 2.19. The highest BCUT2D eigenvalue weighted by atomic mass is 16.2. The lowest BCUT2D eigenvalue weighted by Crippen LogP contribution is -2.47. The molecule has 1 saturated heterocycles. The number of nitrogens with one attached hydrogen (secondary N) is 1. The molecular weight excluding hydrogens is 262 g/mol. The molecule has 1 N–H and O–H groups in total. The van der Waals surface area contributed by atoms with E-state index < -0.39 is 0 Å². The lowest BCUT2D eigenvalue weighted by Gasteiger charge is -2.31. The third kappa shape index (κ3) is 5.79. The first kappa shape index (κ1) is 16.5. The summed E-state index contributed by atoms with van der Waals surface area (Å²) in [6, 6.07) is 0. The summed E-state index contributed by atoms with van der Waals surface area (Å²) in [5.41, 5.74) is 0. The summed E-state index contributed by atoms with van der Waals surface area (Å²) >= 11 is 0. The SMILES string of the molecule is C=CCN(CCC(=O)N1CCNCC1)CC1CCCCC1. The average Bonchev–Trinajstić information content (AvgIpc) is 2.54. The zero-order valence-electron chi connectivity index (χ0n) is 13.4. The van der Waals surface area contributed by atoms with E-state index in [2.05, 4.69) is 16.8 Å². The molecule has 2 aliphatic rings. The zero-order valence-corrected chi connectivity index (χ0v) is 13.4. The first-order valence-corrected chi connectivity index (χ1v) is 8.61. The summed E-state index contributed by atoms with van der Waals surface area (Å²) in [6.45, 7) is 10.4. The Hall–Kier alpha value is -0.870. The van der Waals surface area contributed by atoms with Crippen molar-refractivity contribution in [2.75, 3.05) is 45.8 Å². The van der Waals surface area contributed by atoms with Crippen LogP contribution in [0.5, 0.6) is 0 Å². The predicted molar refractivity (Wildman–Crippen MR) is 87.3 cm³/mol. The first-order valence-electron chi connectivity index (χ1n) is 8.61. The smallest absolute Gasteiger partial charge is 0.223 e. The van der Waals surface area contributed by atoms with Crippen LogP contribution in [0.15, 0.2) is 12.7 Å². The van der Waals surface area contributed by atoms with Gasteiger partial charge in [-0.1, -0.05) is 25.3 Å². The van der Waals surface area contributed by atoms with Crippen LogP contribution in [-0.2, 0) is 4.79 Å². The molecule has 1 aliphatic carbocycles. The van der Waals surface area contributed by atoms with E-state index in [1.54, 1.807) is 0 Å². The van der Waals surface area contributed by atoms with Crippen molar-refractivity contribution < 1.29 is 4.79 Å². The van der Waals surface area contributed by atoms with Crippen molar-refractivity contribution in [3.63, 3.8) is 0 Å². The van der Waals surface area contributed by atoms with E-state index in [0.29, 0.717) is 12.3 Å². The van der Waals surface area contributed by atoms with E-state index in [1.807, 2.05) is 11.0 Å². The quantitative estimate of drug-likeness (QED) is 0.728. The van der Waals surface area contributed by atoms with Gasteiger partial charge in [0.15, 0.2) is 0 Å². The van der Waals surface area contributed by atoms with Crippen molar-refractivity contribution in [3.05, 3.63) is 12.7 Å². The van der Waals surface area contributed by atoms with Crippen LogP contribution in [0.2, 0.25) is 0 Å². The lowest BCUT2D eigenvalue weighted by atomic mass is 9.89. The molecule has 1 heterocycles. The van der Waals surface area contributed by atoms with Gasteiger partial charge in [-0.2, -0.15) is 0 Å². The minimum Gasteiger partial charge on any atom is -0.340 e. The number of hydrogen-bond acceptors (Lipinski definition) is 3. The minimum atomic E-state index is 0.314. The molecule has 2 rings (SSSR count). The molecule has 0 aromatic carbocycles. The van der Waals surface area contributed by atoms with E-state index in [1.165, 1.54) is 32.1 Å². The van der Waals surface area contributed by atoms with Gasteiger partial charge < -0.3 is 10.2 Å². The molecule has 120 valence electrons. The van der Waals surface area contributed by atoms with Crippen molar-refractivity contribution in [1.29, 1.82) is 0 Å². The number of rotatable bonds is 7. The van der Waals surface area contributed by atoms with Crippen LogP contribution in [0.3, 0.4) is 0 Å². The van der Waals surface area contributed by atoms with Gasteiger partial charge in [0, 0.05) is 52.2 Å². The Morgan fingerprint density at radius 3 is 2.62 bits per heavy atom. The van der Waals surface area contributed by atoms with Crippen molar-refractivity contribution in [2.24, 2.45) is 5.92 Å². The second-order valence-corrected chi connectivity index (χ2v) is 6.43. The van der Waals surface area contributed by atoms with Gasteiger partial charge in [-0.05, 0) is 18.8 Å². The molecule has 0 radical (unpaired) electrons. The van der Waals surface area contributed by atoms with Crippen LogP contribution in [0, 0.1) is 5.92 Å². The Bertz CT molecular complexity index is 320. The van der Waals surface area contributed by atoms with Gasteiger partial charge in [0.2, 0.25) is 5.91 Å². The van der Waals surface area contributed by atoms with E-state index in [0.717, 1.165) is 51.7 Å². The second kappa shape index (κ2) is 9.21. The second-order valence-electron chi connectivity index (χ2n) is 6.43. The summed E-state index contributed by atoms with van der Waals surface area (Å²) in [5, 5.41) is 3.29. The van der Waals surface area contributed by atoms with Gasteiger partial charge in [-0.25, -0.2) is 0 Å². The lowest BCUT2D eigenvalue weighted by molar-refractivity contribution is -0.132. The van der Waals surface area contributed by atoms with Crippen LogP contribution in [0.25, 0.3) is 0 Å². The molecule has 1 amide bonds. The van der Waals surface area contributed by atoms with Crippen LogP contribution >= 0.6 is 0 Å². The Morgan fingerprint density at radius 2 is 1.95 bits per heavy atom. The summed E-state index contributed by atoms with van der Waals surface area (Å²) in [5.74, 6) is 1.14. The van der Waals surface area contributed by atoms with Crippen molar-refractivity contribution in [2.45, 2.75) is 38.5 Å². The molecule has 0 bridgehead atoms. The third-order valence-corrected chi connectivity index (χ3v) is 4.74. The normalized spacial score (nSPS) is 20.7. The van der Waals surface area contributed by atoms with E-state index >= 15 is 0 Å². The van der Waals surface area contributed by atoms with E-state index in [9.17, 15) is 4.79 Å². The molecule has 0 spiro atoms. The number of piperazine rings is 1. The highest BCUT2D eigenvalue weighted by Crippen LogP contribution is 2.24. The summed E-state index contributed by atoms with van der Waals surface area (Å²) in [7, 11) is 0. The average molecular weight is 293 g/mol. The van der Waals surface area contributed by atoms with Crippen LogP contribution in [0.4, 0.5) is 0 Å². The van der Waals surface area contributed by atoms with Gasteiger partial charge in [0.1, 0.15) is 0 Å². The fraction of sp³-hybridized carbons (Fsp3) is 0.824. The zero-order chi connectivity index (χ0) is 14.9. The van der Waals surface area contributed by atoms with Crippen LogP contribution in [0.1, 0.15) is 38.5 Å². The maximum atomic E-state index is 12.2. The van der Waals surface area contributed by atoms with Crippen LogP contribution in [-0.4, -0.2) is 61.5 Å². The molecular formula is C17H31N3O. The molecule has 1 aliphatic heterocycles. The van der Waals surface area contributed by atoms with Crippen molar-refractivity contribution in [3.8, 4) is 0 Å². The van der Waals surface area contributed by atoms with Crippen molar-refractivity contribution >= 4 is 5.91 Å². The minimum absolute atomic E-state index is 0.314. The predicted octanol–water partition coefficient (Wildman–Crippen LogP) is 1.88. The maximum absolute atomic E-state index is 12.2. The monoisotopic (exact) mass is 293 g/mol. The molecule has 0 aromatic rings. The summed E-state index contributed by atoms with van der Waals surface area (Å²) < 4.78 is 0. The van der Waals surface area contributed by atoms with Gasteiger partial charge in [-0.15, -0.1) is 6.58 Å². The molecule has 0 aromatic heterocycles. The standard InChI is InChI=1S/C17H31N3O/c1-2-11-19(15-16-6-4-3-5-7-16)12-8-17(21)20-13-9-18-10-14-20/h2,16,18H,1,3-15H2. The number of carbonyl (C=O) groups excluding carboxylic acids is 1. The summed E-state index contributed by atoms with van der Waals surface area (Å²) in [4.78, 5) is 16.7. The third-order valence-electron chi connectivity index (χ3n) is 4.74. The number of carbonyl (C=O) groups is 1. The Kier molecular flexibility index (Phi) is 7.24. The van der Waals surface area contributed by atoms with Crippen LogP contribution < -0.4 is 5.32 Å². The Balaban J connectivity index is 1.73. The topological polar surface area (TPSA) is 35.6 Å². The summed E-state index contributed by atoms with van der Waals surface area (Å²) in [6.07, 6.45) is 9.51. The fourth-order valence-electron chi connectivity index (χ4n) is 3.50. The maximum Gasteiger partial charge on any atom is 0.223 e. The van der Waals surface area contributed by atoms with Gasteiger partial charge in [0.25, 0.3) is 0 Å². The molecule has 0 unspecified atom stereocenters. The van der Waals surface area contributed by atoms with Gasteiger partial charge >= 0.3 is 0 Å². The first-order chi connectivity index (χ1) is 10.3. The highest BCUT2D eigenvalue weighted by molar-refractivity contribution is 5.76. The molecule has 21 heavy (non-hydrogen) atoms. The number of amides is 1. The Morgan fingerprint density at radius 1 is 1.24 bits per heavy atom. The van der Waals surface area contributed by atoms with E-state index in [-0.39, 0.29) is 0 Å². The Labute approximate surface area is 129 Å². The van der Waals surface area contributed by atoms with E-state index in [4.69, 9.17) is 0 Å². The molecule has 2 fully saturated rings. The van der Waals surface area contributed by atoms with Gasteiger partial charge in [0.05, 0.1) is 0 Å². The van der Waals surface area contributed by atoms with Crippen molar-refractivity contribution in [1.82, 2.24) is 15.1 Å². The van der Waals surface area contributed by atoms with Gasteiger partial charge in [-0.3, -0.25) is 9.69 Å². The molecule has 0 atom stereocenters. The largest absolute Gasteiger partial charge is 0.340 e.